The van der Waals surface area contributed by atoms with E-state index in [-0.39, 0.29) is 6.61 Å². The number of aliphatic hydroxyl groups is 1. The zero-order valence-corrected chi connectivity index (χ0v) is 10.5. The third-order valence-corrected chi connectivity index (χ3v) is 2.54. The van der Waals surface area contributed by atoms with Crippen molar-refractivity contribution in [3.8, 4) is 0 Å². The maximum Gasteiger partial charge on any atom is 0.0698 e. The summed E-state index contributed by atoms with van der Waals surface area (Å²) in [4.78, 5) is 2.44. The fraction of sp³-hybridized carbons (Fsp3) is 1.00. The van der Waals surface area contributed by atoms with Gasteiger partial charge in [-0.05, 0) is 26.8 Å². The Morgan fingerprint density at radius 1 is 1.13 bits per heavy atom. The van der Waals surface area contributed by atoms with Crippen LogP contribution in [0.3, 0.4) is 0 Å². The maximum absolute atomic E-state index is 8.58. The number of aliphatic hydroxyl groups excluding tert-OH is 1. The molecule has 0 saturated heterocycles. The van der Waals surface area contributed by atoms with Crippen LogP contribution in [0.25, 0.3) is 0 Å². The van der Waals surface area contributed by atoms with E-state index in [0.717, 1.165) is 19.7 Å². The highest BCUT2D eigenvalue weighted by molar-refractivity contribution is 4.62. The molecule has 0 radical (unpaired) electrons. The van der Waals surface area contributed by atoms with Gasteiger partial charge in [0.15, 0.2) is 0 Å². The molecule has 3 heteroatoms. The lowest BCUT2D eigenvalue weighted by atomic mass is 10.2. The van der Waals surface area contributed by atoms with Crippen molar-refractivity contribution in [3.63, 3.8) is 0 Å². The number of hydrogen-bond donors (Lipinski definition) is 1. The van der Waals surface area contributed by atoms with E-state index >= 15 is 0 Å². The first-order chi connectivity index (χ1) is 7.22. The third-order valence-electron chi connectivity index (χ3n) is 2.54. The van der Waals surface area contributed by atoms with Crippen LogP contribution in [0, 0.1) is 0 Å². The Bertz CT molecular complexity index is 129. The average molecular weight is 217 g/mol. The van der Waals surface area contributed by atoms with Gasteiger partial charge in [-0.25, -0.2) is 0 Å². The lowest BCUT2D eigenvalue weighted by Gasteiger charge is -2.26. The Hall–Kier alpha value is -0.120. The molecular formula is C12H27NO2. The Kier molecular flexibility index (Phi) is 10.3. The van der Waals surface area contributed by atoms with Crippen LogP contribution in [-0.2, 0) is 4.74 Å². The molecule has 0 aromatic carbocycles. The van der Waals surface area contributed by atoms with E-state index in [0.29, 0.717) is 12.6 Å². The summed E-state index contributed by atoms with van der Waals surface area (Å²) in [5, 5.41) is 8.58. The van der Waals surface area contributed by atoms with Crippen LogP contribution in [0.2, 0.25) is 0 Å². The van der Waals surface area contributed by atoms with Crippen LogP contribution in [-0.4, -0.2) is 49.0 Å². The molecule has 0 aliphatic heterocycles. The highest BCUT2D eigenvalue weighted by Crippen LogP contribution is 2.02. The summed E-state index contributed by atoms with van der Waals surface area (Å²) >= 11 is 0. The summed E-state index contributed by atoms with van der Waals surface area (Å²) < 4.78 is 5.28. The van der Waals surface area contributed by atoms with Gasteiger partial charge >= 0.3 is 0 Å². The minimum atomic E-state index is 0.123. The highest BCUT2D eigenvalue weighted by Gasteiger charge is 2.07. The van der Waals surface area contributed by atoms with E-state index < -0.39 is 0 Å². The molecule has 0 spiro atoms. The fourth-order valence-electron chi connectivity index (χ4n) is 1.54. The molecule has 0 saturated carbocycles. The predicted octanol–water partition coefficient (Wildman–Crippen LogP) is 1.90. The first-order valence-corrected chi connectivity index (χ1v) is 6.15. The van der Waals surface area contributed by atoms with E-state index in [1.807, 2.05) is 0 Å². The van der Waals surface area contributed by atoms with Crippen LogP contribution in [0.4, 0.5) is 0 Å². The van der Waals surface area contributed by atoms with Crippen LogP contribution < -0.4 is 0 Å². The monoisotopic (exact) mass is 217 g/mol. The van der Waals surface area contributed by atoms with Crippen LogP contribution in [0.5, 0.6) is 0 Å². The second kappa shape index (κ2) is 10.4. The first-order valence-electron chi connectivity index (χ1n) is 6.15. The molecule has 92 valence electrons. The molecular weight excluding hydrogens is 190 g/mol. The second-order valence-corrected chi connectivity index (χ2v) is 4.17. The van der Waals surface area contributed by atoms with Crippen molar-refractivity contribution in [1.82, 2.24) is 4.90 Å². The maximum atomic E-state index is 8.58. The van der Waals surface area contributed by atoms with Gasteiger partial charge in [0.1, 0.15) is 0 Å². The number of ether oxygens (including phenoxy) is 1. The molecule has 0 unspecified atom stereocenters. The molecule has 0 aliphatic carbocycles. The van der Waals surface area contributed by atoms with Crippen LogP contribution in [0.1, 0.15) is 40.0 Å². The van der Waals surface area contributed by atoms with E-state index in [2.05, 4.69) is 25.7 Å². The Morgan fingerprint density at radius 2 is 1.87 bits per heavy atom. The van der Waals surface area contributed by atoms with Gasteiger partial charge in [0.25, 0.3) is 0 Å². The molecule has 0 aromatic heterocycles. The SMILES string of the molecule is CCCCCN(CCOCCO)C(C)C. The quantitative estimate of drug-likeness (QED) is 0.567. The molecule has 0 aliphatic rings. The van der Waals surface area contributed by atoms with Crippen molar-refractivity contribution in [2.75, 3.05) is 32.9 Å². The number of nitrogens with zero attached hydrogens (tertiary/aromatic N) is 1. The minimum absolute atomic E-state index is 0.123. The molecule has 0 fully saturated rings. The van der Waals surface area contributed by atoms with Gasteiger partial charge in [-0.3, -0.25) is 4.90 Å². The zero-order valence-electron chi connectivity index (χ0n) is 10.5. The Labute approximate surface area is 94.4 Å². The van der Waals surface area contributed by atoms with E-state index in [9.17, 15) is 0 Å². The normalized spacial score (nSPS) is 11.6. The molecule has 0 rings (SSSR count). The van der Waals surface area contributed by atoms with E-state index in [1.54, 1.807) is 0 Å². The molecule has 0 atom stereocenters. The summed E-state index contributed by atoms with van der Waals surface area (Å²) in [5.74, 6) is 0. The molecule has 3 nitrogen and oxygen atoms in total. The molecule has 0 heterocycles. The van der Waals surface area contributed by atoms with Crippen molar-refractivity contribution in [2.24, 2.45) is 0 Å². The topological polar surface area (TPSA) is 32.7 Å². The molecule has 0 amide bonds. The average Bonchev–Trinajstić information content (AvgIpc) is 2.21. The van der Waals surface area contributed by atoms with Gasteiger partial charge < -0.3 is 9.84 Å². The molecule has 0 bridgehead atoms. The summed E-state index contributed by atoms with van der Waals surface area (Å²) in [6.45, 7) is 10.1. The summed E-state index contributed by atoms with van der Waals surface area (Å²) in [7, 11) is 0. The Balaban J connectivity index is 3.54. The Morgan fingerprint density at radius 3 is 2.40 bits per heavy atom. The lowest BCUT2D eigenvalue weighted by molar-refractivity contribution is 0.0663. The first kappa shape index (κ1) is 14.9. The summed E-state index contributed by atoms with van der Waals surface area (Å²) in [6, 6.07) is 0.583. The third kappa shape index (κ3) is 8.85. The van der Waals surface area contributed by atoms with Crippen LogP contribution >= 0.6 is 0 Å². The molecule has 0 aromatic rings. The number of unbranched alkanes of at least 4 members (excludes halogenated alkanes) is 2. The van der Waals surface area contributed by atoms with Gasteiger partial charge in [0, 0.05) is 12.6 Å². The van der Waals surface area contributed by atoms with E-state index in [4.69, 9.17) is 9.84 Å². The van der Waals surface area contributed by atoms with Crippen LogP contribution in [0.15, 0.2) is 0 Å². The van der Waals surface area contributed by atoms with Crippen molar-refractivity contribution in [2.45, 2.75) is 46.1 Å². The summed E-state index contributed by atoms with van der Waals surface area (Å²) in [5.41, 5.74) is 0. The fourth-order valence-corrected chi connectivity index (χ4v) is 1.54. The summed E-state index contributed by atoms with van der Waals surface area (Å²) in [6.07, 6.45) is 3.85. The van der Waals surface area contributed by atoms with Crippen molar-refractivity contribution >= 4 is 0 Å². The number of rotatable bonds is 10. The van der Waals surface area contributed by atoms with Gasteiger partial charge in [0.2, 0.25) is 0 Å². The largest absolute Gasteiger partial charge is 0.394 e. The van der Waals surface area contributed by atoms with Gasteiger partial charge in [-0.1, -0.05) is 19.8 Å². The number of hydrogen-bond acceptors (Lipinski definition) is 3. The predicted molar refractivity (Wildman–Crippen MR) is 64.1 cm³/mol. The van der Waals surface area contributed by atoms with Gasteiger partial charge in [-0.15, -0.1) is 0 Å². The van der Waals surface area contributed by atoms with Crippen molar-refractivity contribution < 1.29 is 9.84 Å². The lowest BCUT2D eigenvalue weighted by Crippen LogP contribution is -2.35. The smallest absolute Gasteiger partial charge is 0.0698 e. The highest BCUT2D eigenvalue weighted by atomic mass is 16.5. The van der Waals surface area contributed by atoms with E-state index in [1.165, 1.54) is 19.3 Å². The molecule has 1 N–H and O–H groups in total. The zero-order chi connectivity index (χ0) is 11.5. The van der Waals surface area contributed by atoms with Gasteiger partial charge in [-0.2, -0.15) is 0 Å². The standard InChI is InChI=1S/C12H27NO2/c1-4-5-6-7-13(12(2)3)8-10-15-11-9-14/h12,14H,4-11H2,1-3H3. The van der Waals surface area contributed by atoms with Gasteiger partial charge in [0.05, 0.1) is 19.8 Å². The van der Waals surface area contributed by atoms with Crippen molar-refractivity contribution in [3.05, 3.63) is 0 Å². The minimum Gasteiger partial charge on any atom is -0.394 e. The molecule has 15 heavy (non-hydrogen) atoms. The second-order valence-electron chi connectivity index (χ2n) is 4.17. The van der Waals surface area contributed by atoms with Crippen molar-refractivity contribution in [1.29, 1.82) is 0 Å².